The molecule has 2 heterocycles. The van der Waals surface area contributed by atoms with E-state index in [0.717, 1.165) is 15.2 Å². The Morgan fingerprint density at radius 1 is 0.654 bits per heavy atom. The molecule has 0 fully saturated rings. The zero-order valence-electron chi connectivity index (χ0n) is 13.8. The van der Waals surface area contributed by atoms with Gasteiger partial charge in [-0.15, -0.1) is 22.7 Å². The fourth-order valence-electron chi connectivity index (χ4n) is 3.32. The summed E-state index contributed by atoms with van der Waals surface area (Å²) >= 11 is 3.40. The third-order valence-electron chi connectivity index (χ3n) is 4.63. The second-order valence-corrected chi connectivity index (χ2v) is 11.3. The van der Waals surface area contributed by atoms with Crippen molar-refractivity contribution in [3.8, 4) is 0 Å². The number of hydrogen-bond donors (Lipinski definition) is 0. The Kier molecular flexibility index (Phi) is 3.82. The molecule has 0 N–H and O–H groups in total. The molecule has 0 atom stereocenters. The Hall–Kier alpha value is -2.19. The molecular weight excluding hydrogens is 375 g/mol. The molecule has 0 bridgehead atoms. The van der Waals surface area contributed by atoms with Gasteiger partial charge in [-0.2, -0.15) is 0 Å². The molecule has 0 saturated heterocycles. The van der Waals surface area contributed by atoms with Crippen molar-refractivity contribution >= 4 is 65.2 Å². The molecule has 3 aromatic carbocycles. The van der Waals surface area contributed by atoms with Crippen molar-refractivity contribution in [3.05, 3.63) is 90.3 Å². The summed E-state index contributed by atoms with van der Waals surface area (Å²) in [5.74, 6) is 0. The maximum absolute atomic E-state index is 14.4. The van der Waals surface area contributed by atoms with Crippen LogP contribution < -0.4 is 15.2 Å². The number of thiophene rings is 2. The Bertz CT molecular complexity index is 1160. The van der Waals surface area contributed by atoms with Crippen LogP contribution >= 0.6 is 29.8 Å². The van der Waals surface area contributed by atoms with Crippen LogP contribution in [-0.2, 0) is 4.57 Å². The minimum atomic E-state index is -2.88. The molecule has 0 aliphatic heterocycles. The van der Waals surface area contributed by atoms with E-state index in [1.807, 2.05) is 60.7 Å². The second kappa shape index (κ2) is 6.21. The molecule has 0 aliphatic carbocycles. The van der Waals surface area contributed by atoms with Crippen LogP contribution in [0.1, 0.15) is 0 Å². The van der Waals surface area contributed by atoms with E-state index in [1.54, 1.807) is 22.7 Å². The third kappa shape index (κ3) is 2.47. The zero-order chi connectivity index (χ0) is 17.6. The van der Waals surface area contributed by atoms with Gasteiger partial charge in [-0.05, 0) is 40.4 Å². The minimum absolute atomic E-state index is 0.888. The molecule has 26 heavy (non-hydrogen) atoms. The van der Waals surface area contributed by atoms with Gasteiger partial charge in [-0.25, -0.2) is 0 Å². The maximum Gasteiger partial charge on any atom is 0.180 e. The third-order valence-corrected chi connectivity index (χ3v) is 10.3. The van der Waals surface area contributed by atoms with Crippen molar-refractivity contribution in [3.63, 3.8) is 0 Å². The minimum Gasteiger partial charge on any atom is -0.308 e. The van der Waals surface area contributed by atoms with Gasteiger partial charge in [0.2, 0.25) is 0 Å². The predicted octanol–water partition coefficient (Wildman–Crippen LogP) is 5.76. The van der Waals surface area contributed by atoms with Gasteiger partial charge in [0.15, 0.2) is 7.14 Å². The van der Waals surface area contributed by atoms with Crippen LogP contribution in [0.25, 0.3) is 20.2 Å². The summed E-state index contributed by atoms with van der Waals surface area (Å²) in [5.41, 5.74) is 0. The highest BCUT2D eigenvalue weighted by molar-refractivity contribution is 7.89. The van der Waals surface area contributed by atoms with Crippen LogP contribution in [0, 0.1) is 0 Å². The molecule has 1 nitrogen and oxygen atoms in total. The average molecular weight is 390 g/mol. The van der Waals surface area contributed by atoms with Gasteiger partial charge >= 0.3 is 0 Å². The zero-order valence-corrected chi connectivity index (χ0v) is 16.4. The lowest BCUT2D eigenvalue weighted by Crippen LogP contribution is -2.22. The van der Waals surface area contributed by atoms with E-state index >= 15 is 0 Å². The highest BCUT2D eigenvalue weighted by Crippen LogP contribution is 2.46. The molecule has 0 unspecified atom stereocenters. The standard InChI is InChI=1S/C22H15OPS2/c23-24(18-7-3-1-4-8-18,19-9-5-2-6-10-19)22-14-17-13-16-11-12-25-20(16)15-21(17)26-22/h1-15H. The summed E-state index contributed by atoms with van der Waals surface area (Å²) in [5, 5.41) is 6.32. The van der Waals surface area contributed by atoms with Gasteiger partial charge in [0, 0.05) is 20.0 Å². The van der Waals surface area contributed by atoms with Gasteiger partial charge in [-0.3, -0.25) is 0 Å². The molecule has 0 aliphatic rings. The van der Waals surface area contributed by atoms with E-state index in [1.165, 1.54) is 20.2 Å². The molecule has 0 saturated carbocycles. The van der Waals surface area contributed by atoms with Crippen molar-refractivity contribution in [2.75, 3.05) is 0 Å². The monoisotopic (exact) mass is 390 g/mol. The lowest BCUT2D eigenvalue weighted by molar-refractivity contribution is 0.593. The summed E-state index contributed by atoms with van der Waals surface area (Å²) < 4.78 is 17.9. The Morgan fingerprint density at radius 2 is 1.31 bits per heavy atom. The lowest BCUT2D eigenvalue weighted by atomic mass is 10.2. The van der Waals surface area contributed by atoms with Crippen LogP contribution in [0.15, 0.2) is 90.3 Å². The summed E-state index contributed by atoms with van der Waals surface area (Å²) in [6.07, 6.45) is 0. The molecular formula is C22H15OPS2. The summed E-state index contributed by atoms with van der Waals surface area (Å²) in [6, 6.07) is 28.4. The van der Waals surface area contributed by atoms with Gasteiger partial charge in [0.1, 0.15) is 0 Å². The SMILES string of the molecule is O=P(c1ccccc1)(c1ccccc1)c1cc2cc3ccsc3cc2s1. The Balaban J connectivity index is 1.80. The summed E-state index contributed by atoms with van der Waals surface area (Å²) in [7, 11) is -2.88. The molecule has 0 spiro atoms. The smallest absolute Gasteiger partial charge is 0.180 e. The molecule has 0 amide bonds. The van der Waals surface area contributed by atoms with Crippen molar-refractivity contribution in [2.45, 2.75) is 0 Å². The van der Waals surface area contributed by atoms with Gasteiger partial charge in [0.25, 0.3) is 0 Å². The Morgan fingerprint density at radius 3 is 1.96 bits per heavy atom. The Labute approximate surface area is 159 Å². The highest BCUT2D eigenvalue weighted by atomic mass is 32.1. The summed E-state index contributed by atoms with van der Waals surface area (Å²) in [6.45, 7) is 0. The first-order valence-electron chi connectivity index (χ1n) is 8.38. The molecule has 0 radical (unpaired) electrons. The first-order valence-corrected chi connectivity index (χ1v) is 11.8. The van der Waals surface area contributed by atoms with E-state index in [4.69, 9.17) is 0 Å². The molecule has 5 rings (SSSR count). The normalized spacial score (nSPS) is 12.0. The van der Waals surface area contributed by atoms with Crippen LogP contribution in [0.2, 0.25) is 0 Å². The molecule has 5 aromatic rings. The van der Waals surface area contributed by atoms with Crippen molar-refractivity contribution < 1.29 is 4.57 Å². The largest absolute Gasteiger partial charge is 0.308 e. The number of rotatable bonds is 3. The van der Waals surface area contributed by atoms with Gasteiger partial charge in [-0.1, -0.05) is 60.7 Å². The lowest BCUT2D eigenvalue weighted by Gasteiger charge is -2.17. The van der Waals surface area contributed by atoms with Crippen LogP contribution in [0.3, 0.4) is 0 Å². The second-order valence-electron chi connectivity index (χ2n) is 6.21. The highest BCUT2D eigenvalue weighted by Gasteiger charge is 2.31. The van der Waals surface area contributed by atoms with Crippen molar-refractivity contribution in [1.82, 2.24) is 0 Å². The van der Waals surface area contributed by atoms with E-state index in [9.17, 15) is 4.57 Å². The van der Waals surface area contributed by atoms with Crippen molar-refractivity contribution in [1.29, 1.82) is 0 Å². The first kappa shape index (κ1) is 16.0. The van der Waals surface area contributed by atoms with Crippen LogP contribution in [-0.4, -0.2) is 0 Å². The summed E-state index contributed by atoms with van der Waals surface area (Å²) in [4.78, 5) is 0. The van der Waals surface area contributed by atoms with E-state index in [0.29, 0.717) is 0 Å². The fraction of sp³-hybridized carbons (Fsp3) is 0. The van der Waals surface area contributed by atoms with Gasteiger partial charge < -0.3 is 4.57 Å². The van der Waals surface area contributed by atoms with Gasteiger partial charge in [0.05, 0.1) is 4.62 Å². The maximum atomic E-state index is 14.4. The van der Waals surface area contributed by atoms with E-state index < -0.39 is 7.14 Å². The molecule has 4 heteroatoms. The van der Waals surface area contributed by atoms with Crippen LogP contribution in [0.5, 0.6) is 0 Å². The van der Waals surface area contributed by atoms with E-state index in [-0.39, 0.29) is 0 Å². The van der Waals surface area contributed by atoms with E-state index in [2.05, 4.69) is 29.6 Å². The number of benzene rings is 3. The molecule has 2 aromatic heterocycles. The number of hydrogen-bond acceptors (Lipinski definition) is 3. The topological polar surface area (TPSA) is 17.1 Å². The number of fused-ring (bicyclic) bond motifs is 2. The fourth-order valence-corrected chi connectivity index (χ4v) is 8.78. The molecule has 126 valence electrons. The first-order chi connectivity index (χ1) is 12.7. The predicted molar refractivity (Wildman–Crippen MR) is 117 cm³/mol. The quantitative estimate of drug-likeness (QED) is 0.358. The van der Waals surface area contributed by atoms with Crippen molar-refractivity contribution in [2.24, 2.45) is 0 Å². The van der Waals surface area contributed by atoms with Crippen LogP contribution in [0.4, 0.5) is 0 Å². The average Bonchev–Trinajstić information content (AvgIpc) is 3.32.